The Labute approximate surface area is 146 Å². The maximum Gasteiger partial charge on any atom is 0.266 e. The van der Waals surface area contributed by atoms with Crippen molar-refractivity contribution in [3.63, 3.8) is 0 Å². The smallest absolute Gasteiger partial charge is 0.266 e. The highest BCUT2D eigenvalue weighted by Gasteiger charge is 2.23. The Balaban J connectivity index is 1.58. The summed E-state index contributed by atoms with van der Waals surface area (Å²) in [5.74, 6) is 0.106. The summed E-state index contributed by atoms with van der Waals surface area (Å²) in [6.45, 7) is 1.08. The molecule has 3 heterocycles. The van der Waals surface area contributed by atoms with Crippen LogP contribution < -0.4 is 4.74 Å². The number of hydrogen-bond donors (Lipinski definition) is 0. The number of benzene rings is 1. The average molecular weight is 356 g/mol. The molecule has 0 N–H and O–H groups in total. The summed E-state index contributed by atoms with van der Waals surface area (Å²) in [6.07, 6.45) is 6.30. The fourth-order valence-corrected chi connectivity index (χ4v) is 3.44. The topological polar surface area (TPSA) is 68.2 Å². The minimum atomic E-state index is -0.348. The lowest BCUT2D eigenvalue weighted by atomic mass is 10.2. The van der Waals surface area contributed by atoms with Gasteiger partial charge in [-0.05, 0) is 18.2 Å². The number of amides is 1. The van der Waals surface area contributed by atoms with E-state index >= 15 is 0 Å². The minimum Gasteiger partial charge on any atom is -0.491 e. The Bertz CT molecular complexity index is 916. The van der Waals surface area contributed by atoms with Crippen LogP contribution in [0, 0.1) is 5.82 Å². The molecule has 0 aliphatic carbocycles. The Morgan fingerprint density at radius 1 is 1.24 bits per heavy atom. The van der Waals surface area contributed by atoms with E-state index in [4.69, 9.17) is 4.74 Å². The fourth-order valence-electron chi connectivity index (χ4n) is 2.59. The summed E-state index contributed by atoms with van der Waals surface area (Å²) >= 11 is 1.26. The van der Waals surface area contributed by atoms with E-state index in [0.717, 1.165) is 0 Å². The van der Waals surface area contributed by atoms with Crippen LogP contribution in [-0.2, 0) is 6.54 Å². The van der Waals surface area contributed by atoms with Gasteiger partial charge in [0.1, 0.15) is 33.8 Å². The molecule has 0 bridgehead atoms. The molecule has 1 aromatic carbocycles. The van der Waals surface area contributed by atoms with Crippen LogP contribution in [0.15, 0.2) is 43.0 Å². The lowest BCUT2D eigenvalue weighted by Gasteiger charge is -2.18. The Morgan fingerprint density at radius 3 is 3.00 bits per heavy atom. The second-order valence-corrected chi connectivity index (χ2v) is 6.48. The van der Waals surface area contributed by atoms with Crippen LogP contribution in [0.4, 0.5) is 4.39 Å². The van der Waals surface area contributed by atoms with E-state index < -0.39 is 0 Å². The van der Waals surface area contributed by atoms with Gasteiger partial charge in [0.05, 0.1) is 18.9 Å². The molecule has 126 valence electrons. The van der Waals surface area contributed by atoms with Crippen molar-refractivity contribution in [2.24, 2.45) is 0 Å². The zero-order chi connectivity index (χ0) is 17.2. The predicted octanol–water partition coefficient (Wildman–Crippen LogP) is 2.77. The van der Waals surface area contributed by atoms with Gasteiger partial charge in [0.15, 0.2) is 0 Å². The molecule has 3 aromatic rings. The van der Waals surface area contributed by atoms with Gasteiger partial charge < -0.3 is 9.64 Å². The Morgan fingerprint density at radius 2 is 2.16 bits per heavy atom. The molecule has 0 spiro atoms. The maximum absolute atomic E-state index is 13.5. The van der Waals surface area contributed by atoms with E-state index in [1.165, 1.54) is 29.7 Å². The van der Waals surface area contributed by atoms with Crippen molar-refractivity contribution in [2.45, 2.75) is 6.54 Å². The zero-order valence-electron chi connectivity index (χ0n) is 13.1. The number of fused-ring (bicyclic) bond motifs is 1. The van der Waals surface area contributed by atoms with Crippen molar-refractivity contribution in [2.75, 3.05) is 13.2 Å². The van der Waals surface area contributed by atoms with Crippen molar-refractivity contribution < 1.29 is 13.9 Å². The highest BCUT2D eigenvalue weighted by atomic mass is 32.1. The highest BCUT2D eigenvalue weighted by Crippen LogP contribution is 2.27. The largest absolute Gasteiger partial charge is 0.491 e. The van der Waals surface area contributed by atoms with E-state index in [1.807, 2.05) is 0 Å². The van der Waals surface area contributed by atoms with E-state index in [-0.39, 0.29) is 11.7 Å². The van der Waals surface area contributed by atoms with Crippen LogP contribution in [0.1, 0.15) is 15.2 Å². The van der Waals surface area contributed by atoms with Crippen molar-refractivity contribution >= 4 is 17.2 Å². The molecule has 2 aromatic heterocycles. The standard InChI is InChI=1S/C17H13FN4O2S/c18-12-1-2-14-11(7-12)10-22(5-6-24-14)17(23)15-9-21-16(25-15)13-8-19-3-4-20-13/h1-4,7-9H,5-6,10H2. The van der Waals surface area contributed by atoms with E-state index in [0.29, 0.717) is 46.6 Å². The van der Waals surface area contributed by atoms with Crippen LogP contribution in [0.5, 0.6) is 5.75 Å². The second kappa shape index (κ2) is 6.56. The first kappa shape index (κ1) is 15.6. The van der Waals surface area contributed by atoms with Gasteiger partial charge in [0.25, 0.3) is 5.91 Å². The van der Waals surface area contributed by atoms with Crippen molar-refractivity contribution in [1.82, 2.24) is 19.9 Å². The molecule has 0 saturated heterocycles. The van der Waals surface area contributed by atoms with E-state index in [2.05, 4.69) is 15.0 Å². The molecule has 8 heteroatoms. The molecule has 0 saturated carbocycles. The third-order valence-corrected chi connectivity index (χ3v) is 4.80. The van der Waals surface area contributed by atoms with Gasteiger partial charge >= 0.3 is 0 Å². The number of thiazole rings is 1. The van der Waals surface area contributed by atoms with Crippen LogP contribution in [-0.4, -0.2) is 38.9 Å². The first-order valence-electron chi connectivity index (χ1n) is 7.63. The van der Waals surface area contributed by atoms with Crippen molar-refractivity contribution in [3.05, 3.63) is 59.2 Å². The first-order valence-corrected chi connectivity index (χ1v) is 8.45. The lowest BCUT2D eigenvalue weighted by molar-refractivity contribution is 0.0738. The molecule has 0 unspecified atom stereocenters. The molecule has 4 rings (SSSR count). The van der Waals surface area contributed by atoms with Gasteiger partial charge in [-0.1, -0.05) is 0 Å². The SMILES string of the molecule is O=C(c1cnc(-c2cnccn2)s1)N1CCOc2ccc(F)cc2C1. The monoisotopic (exact) mass is 356 g/mol. The quantitative estimate of drug-likeness (QED) is 0.706. The van der Waals surface area contributed by atoms with Crippen molar-refractivity contribution in [1.29, 1.82) is 0 Å². The predicted molar refractivity (Wildman–Crippen MR) is 89.8 cm³/mol. The number of carbonyl (C=O) groups is 1. The zero-order valence-corrected chi connectivity index (χ0v) is 13.9. The maximum atomic E-state index is 13.5. The Hall–Kier alpha value is -2.87. The number of ether oxygens (including phenoxy) is 1. The number of rotatable bonds is 2. The summed E-state index contributed by atoms with van der Waals surface area (Å²) in [7, 11) is 0. The van der Waals surface area contributed by atoms with Crippen LogP contribution >= 0.6 is 11.3 Å². The first-order chi connectivity index (χ1) is 12.2. The summed E-state index contributed by atoms with van der Waals surface area (Å²) in [4.78, 5) is 27.4. The molecule has 0 radical (unpaired) electrons. The molecular formula is C17H13FN4O2S. The van der Waals surface area contributed by atoms with Crippen LogP contribution in [0.3, 0.4) is 0 Å². The summed E-state index contributed by atoms with van der Waals surface area (Å²) in [5, 5.41) is 0.633. The fraction of sp³-hybridized carbons (Fsp3) is 0.176. The van der Waals surface area contributed by atoms with Gasteiger partial charge in [-0.25, -0.2) is 9.37 Å². The molecule has 1 aliphatic heterocycles. The van der Waals surface area contributed by atoms with E-state index in [9.17, 15) is 9.18 Å². The van der Waals surface area contributed by atoms with Crippen LogP contribution in [0.25, 0.3) is 10.7 Å². The molecule has 0 atom stereocenters. The van der Waals surface area contributed by atoms with Gasteiger partial charge in [0.2, 0.25) is 0 Å². The average Bonchev–Trinajstić information content (AvgIpc) is 3.03. The van der Waals surface area contributed by atoms with Gasteiger partial charge in [-0.2, -0.15) is 0 Å². The second-order valence-electron chi connectivity index (χ2n) is 5.45. The molecule has 0 fully saturated rings. The van der Waals surface area contributed by atoms with Gasteiger partial charge in [0, 0.05) is 24.5 Å². The third-order valence-electron chi connectivity index (χ3n) is 3.79. The molecule has 25 heavy (non-hydrogen) atoms. The highest BCUT2D eigenvalue weighted by molar-refractivity contribution is 7.16. The van der Waals surface area contributed by atoms with Gasteiger partial charge in [-0.3, -0.25) is 14.8 Å². The van der Waals surface area contributed by atoms with Gasteiger partial charge in [-0.15, -0.1) is 11.3 Å². The summed E-state index contributed by atoms with van der Waals surface area (Å²) < 4.78 is 19.1. The number of hydrogen-bond acceptors (Lipinski definition) is 6. The summed E-state index contributed by atoms with van der Waals surface area (Å²) in [6, 6.07) is 4.35. The number of carbonyl (C=O) groups excluding carboxylic acids is 1. The molecular weight excluding hydrogens is 343 g/mol. The van der Waals surface area contributed by atoms with Crippen LogP contribution in [0.2, 0.25) is 0 Å². The normalized spacial score (nSPS) is 13.7. The minimum absolute atomic E-state index is 0.159. The van der Waals surface area contributed by atoms with Crippen molar-refractivity contribution in [3.8, 4) is 16.5 Å². The summed E-state index contributed by atoms with van der Waals surface area (Å²) in [5.41, 5.74) is 1.28. The Kier molecular flexibility index (Phi) is 4.10. The third kappa shape index (κ3) is 3.20. The molecule has 1 aliphatic rings. The number of aromatic nitrogens is 3. The lowest BCUT2D eigenvalue weighted by Crippen LogP contribution is -2.31. The van der Waals surface area contributed by atoms with E-state index in [1.54, 1.807) is 29.6 Å². The number of halogens is 1. The molecule has 1 amide bonds. The number of nitrogens with zero attached hydrogens (tertiary/aromatic N) is 4. The molecule has 6 nitrogen and oxygen atoms in total.